The molecular formula is C40H77O6Ti. The molecule has 2 N–H and O–H groups in total. The van der Waals surface area contributed by atoms with Crippen LogP contribution in [-0.2, 0) is 38.1 Å². The Labute approximate surface area is 303 Å². The molecule has 0 amide bonds. The van der Waals surface area contributed by atoms with Crippen molar-refractivity contribution in [3.05, 3.63) is 12.2 Å². The molecule has 277 valence electrons. The fraction of sp³-hybridized carbons (Fsp3) is 0.875. The molecule has 0 spiro atoms. The van der Waals surface area contributed by atoms with Gasteiger partial charge in [0.05, 0.1) is 0 Å². The molecule has 0 aliphatic rings. The van der Waals surface area contributed by atoms with Crippen molar-refractivity contribution in [2.24, 2.45) is 11.8 Å². The van der Waals surface area contributed by atoms with Crippen molar-refractivity contribution in [2.45, 2.75) is 214 Å². The summed E-state index contributed by atoms with van der Waals surface area (Å²) in [5, 5.41) is 17.0. The minimum absolute atomic E-state index is 0.344. The van der Waals surface area contributed by atoms with Crippen LogP contribution in [0.1, 0.15) is 214 Å². The second-order valence-electron chi connectivity index (χ2n) is 14.0. The van der Waals surface area contributed by atoms with Gasteiger partial charge in [0.1, 0.15) is 0 Å². The zero-order valence-electron chi connectivity index (χ0n) is 31.7. The predicted molar refractivity (Wildman–Crippen MR) is 195 cm³/mol. The van der Waals surface area contributed by atoms with Crippen LogP contribution in [-0.4, -0.2) is 28.4 Å². The summed E-state index contributed by atoms with van der Waals surface area (Å²) in [6.45, 7) is 14.1. The summed E-state index contributed by atoms with van der Waals surface area (Å²) >= 11 is 0.750. The molecule has 7 heteroatoms. The van der Waals surface area contributed by atoms with E-state index in [9.17, 15) is 14.4 Å². The van der Waals surface area contributed by atoms with Gasteiger partial charge in [-0.05, 0) is 31.0 Å². The van der Waals surface area contributed by atoms with E-state index in [4.69, 9.17) is 13.5 Å². The quantitative estimate of drug-likeness (QED) is 0.0322. The van der Waals surface area contributed by atoms with E-state index in [1.165, 1.54) is 141 Å². The van der Waals surface area contributed by atoms with Crippen LogP contribution in [0.25, 0.3) is 0 Å². The maximum absolute atomic E-state index is 10.3. The Balaban J connectivity index is -0.000000328. The Morgan fingerprint density at radius 3 is 0.809 bits per heavy atom. The van der Waals surface area contributed by atoms with E-state index in [2.05, 4.69) is 34.3 Å². The summed E-state index contributed by atoms with van der Waals surface area (Å²) in [6.07, 6.45) is 36.2. The number of allylic oxidation sites excluding steroid dienone is 1. The van der Waals surface area contributed by atoms with Crippen molar-refractivity contribution >= 4 is 18.2 Å². The van der Waals surface area contributed by atoms with Gasteiger partial charge in [-0.15, -0.1) is 0 Å². The molecule has 0 unspecified atom stereocenters. The third kappa shape index (κ3) is 67.8. The van der Waals surface area contributed by atoms with Gasteiger partial charge < -0.3 is 15.0 Å². The zero-order chi connectivity index (χ0) is 36.4. The first-order valence-electron chi connectivity index (χ1n) is 19.2. The second kappa shape index (κ2) is 47.0. The van der Waals surface area contributed by atoms with Crippen LogP contribution in [0.4, 0.5) is 0 Å². The van der Waals surface area contributed by atoms with E-state index in [0.717, 1.165) is 57.9 Å². The first kappa shape index (κ1) is 52.7. The Morgan fingerprint density at radius 2 is 0.660 bits per heavy atom. The molecule has 0 aliphatic heterocycles. The summed E-state index contributed by atoms with van der Waals surface area (Å²) in [5.41, 5.74) is 0.449. The van der Waals surface area contributed by atoms with Crippen LogP contribution in [0.5, 0.6) is 0 Å². The summed E-state index contributed by atoms with van der Waals surface area (Å²) in [4.78, 5) is 29.9. The molecule has 0 saturated carbocycles. The molecule has 0 rings (SSSR count). The summed E-state index contributed by atoms with van der Waals surface area (Å²) in [7, 11) is 0. The monoisotopic (exact) mass is 702 g/mol. The van der Waals surface area contributed by atoms with Gasteiger partial charge in [-0.3, -0.25) is 9.59 Å². The molecule has 6 nitrogen and oxygen atoms in total. The number of carbonyl (C=O) groups excluding carboxylic acids is 1. The van der Waals surface area contributed by atoms with Crippen LogP contribution in [0.2, 0.25) is 0 Å². The number of aliphatic carboxylic acids is 2. The molecule has 0 saturated heterocycles. The standard InChI is InChI=1S/2C18H36O2.C4H5O.O.Ti/c2*1-17(2)15-13-11-9-7-5-3-4-6-8-10-12-14-16-18(19)20;1-4(2)3-5;;/h2*17H,3-16H2,1-2H3,(H,19,20);1H2,2H3;;/q;;-1;;+1. The van der Waals surface area contributed by atoms with E-state index in [0.29, 0.717) is 18.4 Å². The third-order valence-electron chi connectivity index (χ3n) is 8.02. The number of hydrogen-bond acceptors (Lipinski definition) is 4. The summed E-state index contributed by atoms with van der Waals surface area (Å²) in [5.74, 6) is 0.424. The van der Waals surface area contributed by atoms with Gasteiger partial charge >= 0.3 is 35.7 Å². The van der Waals surface area contributed by atoms with Gasteiger partial charge in [-0.1, -0.05) is 189 Å². The van der Waals surface area contributed by atoms with Crippen molar-refractivity contribution < 1.29 is 48.3 Å². The van der Waals surface area contributed by atoms with Crippen molar-refractivity contribution in [1.29, 1.82) is 0 Å². The van der Waals surface area contributed by atoms with Crippen molar-refractivity contribution in [1.82, 2.24) is 0 Å². The van der Waals surface area contributed by atoms with Gasteiger partial charge in [0, 0.05) is 12.8 Å². The van der Waals surface area contributed by atoms with Crippen LogP contribution in [0, 0.1) is 11.8 Å². The van der Waals surface area contributed by atoms with Crippen LogP contribution >= 0.6 is 0 Å². The van der Waals surface area contributed by atoms with E-state index in [1.54, 1.807) is 13.2 Å². The van der Waals surface area contributed by atoms with Crippen molar-refractivity contribution in [2.75, 3.05) is 0 Å². The molecule has 47 heavy (non-hydrogen) atoms. The molecule has 0 aromatic heterocycles. The van der Waals surface area contributed by atoms with E-state index < -0.39 is 11.9 Å². The van der Waals surface area contributed by atoms with Crippen LogP contribution < -0.4 is 0 Å². The summed E-state index contributed by atoms with van der Waals surface area (Å²) in [6, 6.07) is 0. The molecule has 0 aromatic rings. The van der Waals surface area contributed by atoms with Crippen molar-refractivity contribution in [3.8, 4) is 0 Å². The normalized spacial score (nSPS) is 10.3. The molecular weight excluding hydrogens is 624 g/mol. The first-order valence-corrected chi connectivity index (χ1v) is 19.8. The fourth-order valence-electron chi connectivity index (χ4n) is 5.19. The minimum atomic E-state index is -0.654. The van der Waals surface area contributed by atoms with Gasteiger partial charge in [0.15, 0.2) is 0 Å². The first-order chi connectivity index (χ1) is 22.5. The van der Waals surface area contributed by atoms with Crippen molar-refractivity contribution in [3.63, 3.8) is 0 Å². The van der Waals surface area contributed by atoms with Gasteiger partial charge in [-0.25, -0.2) is 6.58 Å². The molecule has 0 atom stereocenters. The predicted octanol–water partition coefficient (Wildman–Crippen LogP) is 12.9. The second-order valence-corrected chi connectivity index (χ2v) is 14.0. The molecule has 0 heterocycles. The topological polar surface area (TPSA) is 109 Å². The van der Waals surface area contributed by atoms with Gasteiger partial charge in [-0.2, -0.15) is 5.57 Å². The van der Waals surface area contributed by atoms with Gasteiger partial charge in [0.2, 0.25) is 0 Å². The van der Waals surface area contributed by atoms with E-state index in [-0.39, 0.29) is 0 Å². The molecule has 0 aliphatic carbocycles. The Bertz CT molecular complexity index is 619. The maximum atomic E-state index is 10.3. The number of carbonyl (C=O) groups is 2. The van der Waals surface area contributed by atoms with Crippen LogP contribution in [0.15, 0.2) is 12.2 Å². The van der Waals surface area contributed by atoms with E-state index in [1.807, 2.05) is 0 Å². The Hall–Kier alpha value is -1.14. The number of unbranched alkanes of at least 4 members (excludes halogenated alkanes) is 22. The Kier molecular flexibility index (Phi) is 52.7. The van der Waals surface area contributed by atoms with Crippen LogP contribution in [0.3, 0.4) is 0 Å². The average molecular weight is 702 g/mol. The molecule has 0 bridgehead atoms. The zero-order valence-corrected chi connectivity index (χ0v) is 33.2. The van der Waals surface area contributed by atoms with Gasteiger partial charge in [0.25, 0.3) is 0 Å². The number of rotatable bonds is 31. The number of hydrogen-bond donors (Lipinski definition) is 2. The third-order valence-corrected chi connectivity index (χ3v) is 8.02. The Morgan fingerprint density at radius 1 is 0.489 bits per heavy atom. The fourth-order valence-corrected chi connectivity index (χ4v) is 5.19. The average Bonchev–Trinajstić information content (AvgIpc) is 3.02. The van der Waals surface area contributed by atoms with E-state index >= 15 is 0 Å². The molecule has 0 fully saturated rings. The summed E-state index contributed by atoms with van der Waals surface area (Å²) < 4.78 is 8.25. The number of carboxylic acids is 2. The molecule has 0 radical (unpaired) electrons. The SMILES string of the molecule is C=C(C)[C-]=O.CC(C)CCCCCCCCCCCCCCC(=O)O.CC(C)CCCCCCCCCCCCCCC(=O)O.[O]=[Ti+]. The molecule has 0 aromatic carbocycles. The number of carboxylic acid groups (broad SMARTS) is 2.